The number of carbonyl (C=O) groups excluding carboxylic acids is 1. The Bertz CT molecular complexity index is 2010. The van der Waals surface area contributed by atoms with Gasteiger partial charge in [-0.15, -0.1) is 11.8 Å². The minimum atomic E-state index is -1.32. The molecule has 10 rings (SSSR count). The first kappa shape index (κ1) is 32.8. The summed E-state index contributed by atoms with van der Waals surface area (Å²) < 4.78 is 29.5. The first-order chi connectivity index (χ1) is 24.5. The number of thioether (sulfide) groups is 1. The molecule has 7 atom stereocenters. The van der Waals surface area contributed by atoms with E-state index in [4.69, 9.17) is 23.7 Å². The fourth-order valence-corrected chi connectivity index (χ4v) is 11.4. The lowest BCUT2D eigenvalue weighted by Gasteiger charge is -2.62. The minimum Gasteiger partial charge on any atom is -0.507 e. The number of hydrogen-bond donors (Lipinski definition) is 5. The molecule has 5 N–H and O–H groups in total. The van der Waals surface area contributed by atoms with Crippen LogP contribution >= 0.6 is 11.8 Å². The largest absolute Gasteiger partial charge is 0.507 e. The van der Waals surface area contributed by atoms with Crippen LogP contribution in [-0.4, -0.2) is 101 Å². The van der Waals surface area contributed by atoms with Gasteiger partial charge in [-0.05, 0) is 68.1 Å². The fraction of sp³-hybridized carbons (Fsp3) is 0.486. The van der Waals surface area contributed by atoms with Crippen LogP contribution in [0.25, 0.3) is 0 Å². The number of carbonyl (C=O) groups is 1. The number of aliphatic hydroxyl groups is 1. The Balaban J connectivity index is 1.29. The monoisotopic (exact) mass is 719 g/mol. The predicted molar refractivity (Wildman–Crippen MR) is 185 cm³/mol. The molecule has 13 nitrogen and oxygen atoms in total. The number of piperazine rings is 1. The number of esters is 1. The quantitative estimate of drug-likeness (QED) is 0.246. The van der Waals surface area contributed by atoms with Crippen LogP contribution in [0.15, 0.2) is 18.2 Å². The number of aliphatic hydroxyl groups excluding tert-OH is 1. The smallest absolute Gasteiger partial charge is 0.331 e. The molecular formula is C37H41N3O10S. The van der Waals surface area contributed by atoms with Crippen LogP contribution in [0.3, 0.4) is 0 Å². The van der Waals surface area contributed by atoms with Gasteiger partial charge in [0.2, 0.25) is 6.79 Å². The number of benzene rings is 3. The van der Waals surface area contributed by atoms with E-state index in [-0.39, 0.29) is 48.2 Å². The van der Waals surface area contributed by atoms with Crippen molar-refractivity contribution in [2.75, 3.05) is 47.0 Å². The third kappa shape index (κ3) is 4.28. The molecule has 7 heterocycles. The molecule has 4 bridgehead atoms. The van der Waals surface area contributed by atoms with Gasteiger partial charge in [0, 0.05) is 40.6 Å². The van der Waals surface area contributed by atoms with E-state index in [2.05, 4.69) is 10.2 Å². The maximum Gasteiger partial charge on any atom is 0.331 e. The molecule has 270 valence electrons. The molecule has 2 saturated heterocycles. The third-order valence-corrected chi connectivity index (χ3v) is 13.5. The number of likely N-dealkylation sites (N-methyl/N-ethyl adjacent to an activating group) is 1. The second kappa shape index (κ2) is 11.5. The summed E-state index contributed by atoms with van der Waals surface area (Å²) in [4.78, 5) is 18.7. The Hall–Kier alpha value is -4.08. The number of nitrogens with zero attached hydrogens (tertiary/aromatic N) is 2. The van der Waals surface area contributed by atoms with E-state index in [1.165, 1.54) is 18.9 Å². The van der Waals surface area contributed by atoms with Gasteiger partial charge in [-0.25, -0.2) is 4.79 Å². The van der Waals surface area contributed by atoms with Crippen LogP contribution in [0, 0.1) is 13.8 Å². The summed E-state index contributed by atoms with van der Waals surface area (Å²) in [5.41, 5.74) is 4.38. The Labute approximate surface area is 299 Å². The SMILES string of the molecule is COc1cc2c(cc1O)CCN[C@]21CS[C@@H]2c3c(O)c(C)c4c(c3[C@H](COC1=O)N1C2[C@H]2c3c(cc(C)c(OC)c3O)C[C@@H]([C@@H]1O)N2C)OCO4. The van der Waals surface area contributed by atoms with Gasteiger partial charge < -0.3 is 44.1 Å². The molecule has 0 amide bonds. The zero-order valence-electron chi connectivity index (χ0n) is 29.0. The van der Waals surface area contributed by atoms with Crippen LogP contribution < -0.4 is 24.3 Å². The van der Waals surface area contributed by atoms with E-state index in [1.807, 2.05) is 24.9 Å². The van der Waals surface area contributed by atoms with Gasteiger partial charge in [0.15, 0.2) is 40.0 Å². The summed E-state index contributed by atoms with van der Waals surface area (Å²) in [7, 11) is 4.97. The van der Waals surface area contributed by atoms with E-state index in [0.29, 0.717) is 64.5 Å². The van der Waals surface area contributed by atoms with E-state index in [1.54, 1.807) is 26.2 Å². The molecule has 0 radical (unpaired) electrons. The van der Waals surface area contributed by atoms with E-state index >= 15 is 0 Å². The van der Waals surface area contributed by atoms with Gasteiger partial charge in [0.1, 0.15) is 18.6 Å². The number of phenols is 3. The van der Waals surface area contributed by atoms with Gasteiger partial charge in [-0.1, -0.05) is 6.07 Å². The number of rotatable bonds is 2. The number of phenolic OH excluding ortho intramolecular Hbond substituents is 3. The van der Waals surface area contributed by atoms with E-state index in [9.17, 15) is 25.2 Å². The molecule has 7 aliphatic rings. The summed E-state index contributed by atoms with van der Waals surface area (Å²) in [5.74, 6) is 1.32. The maximum atomic E-state index is 14.6. The molecule has 0 saturated carbocycles. The molecule has 51 heavy (non-hydrogen) atoms. The number of methoxy groups -OCH3 is 2. The highest BCUT2D eigenvalue weighted by molar-refractivity contribution is 7.99. The van der Waals surface area contributed by atoms with Crippen molar-refractivity contribution in [1.82, 2.24) is 15.1 Å². The highest BCUT2D eigenvalue weighted by Crippen LogP contribution is 2.64. The highest BCUT2D eigenvalue weighted by Gasteiger charge is 2.61. The molecule has 7 aliphatic heterocycles. The van der Waals surface area contributed by atoms with Crippen molar-refractivity contribution < 1.29 is 48.9 Å². The van der Waals surface area contributed by atoms with Crippen LogP contribution in [0.4, 0.5) is 0 Å². The average molecular weight is 720 g/mol. The first-order valence-electron chi connectivity index (χ1n) is 17.2. The third-order valence-electron chi connectivity index (χ3n) is 12.0. The van der Waals surface area contributed by atoms with Gasteiger partial charge >= 0.3 is 5.97 Å². The lowest BCUT2D eigenvalue weighted by Crippen LogP contribution is -2.70. The van der Waals surface area contributed by atoms with Gasteiger partial charge in [-0.3, -0.25) is 15.1 Å². The maximum absolute atomic E-state index is 14.6. The Morgan fingerprint density at radius 3 is 2.53 bits per heavy atom. The molecule has 2 fully saturated rings. The van der Waals surface area contributed by atoms with Crippen molar-refractivity contribution >= 4 is 17.7 Å². The Kier molecular flexibility index (Phi) is 7.37. The van der Waals surface area contributed by atoms with Crippen molar-refractivity contribution in [1.29, 1.82) is 0 Å². The first-order valence-corrected chi connectivity index (χ1v) is 18.2. The summed E-state index contributed by atoms with van der Waals surface area (Å²) in [6, 6.07) is 3.30. The minimum absolute atomic E-state index is 0.00972. The van der Waals surface area contributed by atoms with Crippen LogP contribution in [0.5, 0.6) is 40.2 Å². The van der Waals surface area contributed by atoms with Crippen molar-refractivity contribution in [2.45, 2.75) is 67.9 Å². The van der Waals surface area contributed by atoms with Crippen LogP contribution in [-0.2, 0) is 27.9 Å². The molecule has 3 aromatic rings. The topological polar surface area (TPSA) is 163 Å². The number of hydrogen-bond acceptors (Lipinski definition) is 14. The number of fused-ring (bicyclic) bond motifs is 9. The van der Waals surface area contributed by atoms with Gasteiger partial charge in [-0.2, -0.15) is 0 Å². The number of ether oxygens (including phenoxy) is 5. The normalized spacial score (nSPS) is 30.6. The number of aromatic hydroxyl groups is 3. The second-order valence-electron chi connectivity index (χ2n) is 14.4. The average Bonchev–Trinajstić information content (AvgIpc) is 3.60. The number of aryl methyl sites for hydroxylation is 1. The van der Waals surface area contributed by atoms with Gasteiger partial charge in [0.25, 0.3) is 0 Å². The van der Waals surface area contributed by atoms with Crippen molar-refractivity contribution in [2.24, 2.45) is 0 Å². The second-order valence-corrected chi connectivity index (χ2v) is 15.5. The van der Waals surface area contributed by atoms with E-state index in [0.717, 1.165) is 16.7 Å². The lowest BCUT2D eigenvalue weighted by atomic mass is 9.73. The zero-order valence-corrected chi connectivity index (χ0v) is 29.8. The highest BCUT2D eigenvalue weighted by atomic mass is 32.2. The van der Waals surface area contributed by atoms with Crippen molar-refractivity contribution in [3.05, 3.63) is 62.7 Å². The zero-order chi connectivity index (χ0) is 35.7. The molecule has 0 aliphatic carbocycles. The summed E-state index contributed by atoms with van der Waals surface area (Å²) >= 11 is 1.47. The van der Waals surface area contributed by atoms with Crippen molar-refractivity contribution in [3.8, 4) is 40.2 Å². The lowest BCUT2D eigenvalue weighted by molar-refractivity contribution is -0.186. The molecule has 1 unspecified atom stereocenters. The predicted octanol–water partition coefficient (Wildman–Crippen LogP) is 3.19. The Morgan fingerprint density at radius 1 is 0.980 bits per heavy atom. The fourth-order valence-electron chi connectivity index (χ4n) is 9.74. The molecular weight excluding hydrogens is 678 g/mol. The van der Waals surface area contributed by atoms with E-state index < -0.39 is 41.1 Å². The standard InChI is InChI=1S/C37H41N3O10S/c1-15-8-18-9-20-35(44)40-21-12-48-36(45)37(19-11-23(46-4)22(41)10-17(19)6-7-38-37)13-51-34(26-25(21)33-32(49-14-50-33)16(2)29(26)42)28(40)27(39(20)3)24(18)30(43)31(15)47-5/h8,10-11,20-21,27-28,34-35,38,41-44H,6-7,9,12-14H2,1-5H3/t20-,21-,27+,28?,34+,35-,37+/m0/s1. The van der Waals surface area contributed by atoms with Crippen molar-refractivity contribution in [3.63, 3.8) is 0 Å². The summed E-state index contributed by atoms with van der Waals surface area (Å²) in [6.45, 7) is 3.96. The molecule has 0 aromatic heterocycles. The van der Waals surface area contributed by atoms with Crippen LogP contribution in [0.2, 0.25) is 0 Å². The Morgan fingerprint density at radius 2 is 1.76 bits per heavy atom. The molecule has 1 spiro atoms. The summed E-state index contributed by atoms with van der Waals surface area (Å²) in [5, 5.41) is 50.1. The van der Waals surface area contributed by atoms with Gasteiger partial charge in [0.05, 0.1) is 37.6 Å². The molecule has 3 aromatic carbocycles. The molecule has 14 heteroatoms. The number of nitrogens with one attached hydrogen (secondary N) is 1. The van der Waals surface area contributed by atoms with Crippen LogP contribution in [0.1, 0.15) is 61.8 Å². The summed E-state index contributed by atoms with van der Waals surface area (Å²) in [6.07, 6.45) is 0.0426.